The zero-order chi connectivity index (χ0) is 33.2. The molecule has 0 saturated heterocycles. The van der Waals surface area contributed by atoms with Gasteiger partial charge < -0.3 is 20.3 Å². The molecule has 0 aliphatic rings. The van der Waals surface area contributed by atoms with E-state index < -0.39 is 76.7 Å². The zero-order valence-corrected chi connectivity index (χ0v) is 22.1. The van der Waals surface area contributed by atoms with Gasteiger partial charge >= 0.3 is 24.1 Å². The van der Waals surface area contributed by atoms with Crippen molar-refractivity contribution in [3.8, 4) is 0 Å². The fourth-order valence-corrected chi connectivity index (χ4v) is 3.69. The Hall–Kier alpha value is -6.08. The number of imidazole rings is 1. The van der Waals surface area contributed by atoms with Crippen molar-refractivity contribution in [1.82, 2.24) is 34.3 Å². The van der Waals surface area contributed by atoms with Gasteiger partial charge in [-0.05, 0) is 17.7 Å². The Morgan fingerprint density at radius 2 is 1.56 bits per heavy atom. The highest BCUT2D eigenvalue weighted by Crippen LogP contribution is 2.31. The van der Waals surface area contributed by atoms with E-state index in [2.05, 4.69) is 30.1 Å². The van der Waals surface area contributed by atoms with E-state index in [0.717, 1.165) is 36.0 Å². The molecule has 5 rings (SSSR count). The molecule has 0 spiro atoms. The van der Waals surface area contributed by atoms with Gasteiger partial charge in [-0.3, -0.25) is 9.20 Å². The number of nitrogens with zero attached hydrogens (tertiary/aromatic N) is 6. The minimum absolute atomic E-state index is 0.0582. The number of carboxylic acids is 2. The first kappa shape index (κ1) is 31.8. The molecule has 234 valence electrons. The lowest BCUT2D eigenvalue weighted by Gasteiger charge is -2.11. The second kappa shape index (κ2) is 12.3. The van der Waals surface area contributed by atoms with Crippen molar-refractivity contribution in [3.63, 3.8) is 0 Å². The Labute approximate surface area is 244 Å². The van der Waals surface area contributed by atoms with E-state index in [-0.39, 0.29) is 22.6 Å². The summed E-state index contributed by atoms with van der Waals surface area (Å²) in [6.07, 6.45) is -3.22. The van der Waals surface area contributed by atoms with Crippen LogP contribution in [-0.4, -0.2) is 70.1 Å². The summed E-state index contributed by atoms with van der Waals surface area (Å²) in [5.74, 6) is -8.04. The molecule has 0 bridgehead atoms. The maximum absolute atomic E-state index is 13.7. The predicted octanol–water partition coefficient (Wildman–Crippen LogP) is 3.01. The number of methoxy groups -OCH3 is 1. The van der Waals surface area contributed by atoms with E-state index >= 15 is 0 Å². The number of fused-ring (bicyclic) bond motifs is 2. The summed E-state index contributed by atoms with van der Waals surface area (Å²) in [6.45, 7) is -0.431. The van der Waals surface area contributed by atoms with E-state index in [0.29, 0.717) is 22.8 Å². The number of hydrogen-bond donors (Lipinski definition) is 3. The number of halogens is 6. The van der Waals surface area contributed by atoms with Crippen LogP contribution in [0.15, 0.2) is 42.9 Å². The fraction of sp³-hybridized carbons (Fsp3) is 0.120. The number of aromatic carboxylic acids is 2. The first-order chi connectivity index (χ1) is 21.1. The SMILES string of the molecule is COC(=O)c1cc(C(=O)O)n2cnc(F)c2n1.O=C(NCc1ccc(F)c(C(F)(F)F)c1)c1cc(C(=O)O)n2ncc(F)c2n1. The van der Waals surface area contributed by atoms with Gasteiger partial charge in [0.1, 0.15) is 23.5 Å². The molecule has 0 aliphatic heterocycles. The molecule has 0 atom stereocenters. The number of hydrogen-bond acceptors (Lipinski definition) is 9. The van der Waals surface area contributed by atoms with Gasteiger partial charge in [0.05, 0.1) is 18.9 Å². The van der Waals surface area contributed by atoms with Crippen LogP contribution in [0.5, 0.6) is 0 Å². The number of nitrogens with one attached hydrogen (secondary N) is 1. The van der Waals surface area contributed by atoms with E-state index in [1.165, 1.54) is 0 Å². The average Bonchev–Trinajstić information content (AvgIpc) is 3.56. The molecule has 4 heterocycles. The highest BCUT2D eigenvalue weighted by atomic mass is 19.4. The summed E-state index contributed by atoms with van der Waals surface area (Å²) in [5, 5.41) is 23.8. The van der Waals surface area contributed by atoms with Crippen molar-refractivity contribution in [1.29, 1.82) is 0 Å². The second-order valence-electron chi connectivity index (χ2n) is 8.61. The van der Waals surface area contributed by atoms with Crippen molar-refractivity contribution < 1.29 is 60.5 Å². The lowest BCUT2D eigenvalue weighted by atomic mass is 10.1. The molecule has 0 radical (unpaired) electrons. The fourth-order valence-electron chi connectivity index (χ4n) is 3.69. The maximum Gasteiger partial charge on any atom is 0.419 e. The third-order valence-corrected chi connectivity index (χ3v) is 5.74. The number of alkyl halides is 3. The summed E-state index contributed by atoms with van der Waals surface area (Å²) in [5.41, 5.74) is -4.05. The van der Waals surface area contributed by atoms with Crippen LogP contribution in [0.2, 0.25) is 0 Å². The van der Waals surface area contributed by atoms with Crippen LogP contribution in [0.3, 0.4) is 0 Å². The number of benzene rings is 1. The van der Waals surface area contributed by atoms with Gasteiger partial charge in [-0.2, -0.15) is 22.7 Å². The first-order valence-electron chi connectivity index (χ1n) is 11.9. The van der Waals surface area contributed by atoms with Crippen LogP contribution in [0.25, 0.3) is 11.3 Å². The molecule has 1 aromatic carbocycles. The Morgan fingerprint density at radius 1 is 0.911 bits per heavy atom. The van der Waals surface area contributed by atoms with E-state index in [1.54, 1.807) is 0 Å². The van der Waals surface area contributed by atoms with E-state index in [9.17, 15) is 45.5 Å². The Bertz CT molecular complexity index is 1990. The van der Waals surface area contributed by atoms with Gasteiger partial charge in [-0.1, -0.05) is 6.07 Å². The smallest absolute Gasteiger partial charge is 0.419 e. The monoisotopic (exact) mass is 639 g/mol. The van der Waals surface area contributed by atoms with E-state index in [1.807, 2.05) is 0 Å². The molecular weight excluding hydrogens is 624 g/mol. The van der Waals surface area contributed by atoms with Crippen molar-refractivity contribution >= 4 is 35.1 Å². The number of esters is 1. The van der Waals surface area contributed by atoms with Gasteiger partial charge in [-0.15, -0.1) is 0 Å². The lowest BCUT2D eigenvalue weighted by molar-refractivity contribution is -0.140. The van der Waals surface area contributed by atoms with Crippen molar-refractivity contribution in [2.75, 3.05) is 7.11 Å². The van der Waals surface area contributed by atoms with Crippen LogP contribution < -0.4 is 5.32 Å². The number of carbonyl (C=O) groups is 4. The second-order valence-corrected chi connectivity index (χ2v) is 8.61. The van der Waals surface area contributed by atoms with Crippen LogP contribution in [-0.2, 0) is 17.5 Å². The maximum atomic E-state index is 13.7. The summed E-state index contributed by atoms with van der Waals surface area (Å²) in [7, 11) is 1.11. The van der Waals surface area contributed by atoms with Crippen molar-refractivity contribution in [2.24, 2.45) is 0 Å². The normalized spacial score (nSPS) is 11.2. The van der Waals surface area contributed by atoms with Crippen molar-refractivity contribution in [2.45, 2.75) is 12.7 Å². The number of carbonyl (C=O) groups excluding carboxylic acids is 2. The molecular formula is C25H15F6N7O7. The van der Waals surface area contributed by atoms with E-state index in [4.69, 9.17) is 10.2 Å². The molecule has 1 amide bonds. The number of amides is 1. The largest absolute Gasteiger partial charge is 0.477 e. The molecule has 45 heavy (non-hydrogen) atoms. The third kappa shape index (κ3) is 6.63. The van der Waals surface area contributed by atoms with Gasteiger partial charge in [0.2, 0.25) is 0 Å². The first-order valence-corrected chi connectivity index (χ1v) is 11.9. The van der Waals surface area contributed by atoms with Gasteiger partial charge in [-0.25, -0.2) is 42.6 Å². The molecule has 3 N–H and O–H groups in total. The number of ether oxygens (including phenoxy) is 1. The summed E-state index contributed by atoms with van der Waals surface area (Å²) in [4.78, 5) is 56.2. The Balaban J connectivity index is 0.000000231. The molecule has 5 aromatic rings. The molecule has 0 saturated carbocycles. The molecule has 4 aromatic heterocycles. The summed E-state index contributed by atoms with van der Waals surface area (Å²) < 4.78 is 84.4. The number of carboxylic acid groups (broad SMARTS) is 2. The molecule has 14 nitrogen and oxygen atoms in total. The molecule has 0 unspecified atom stereocenters. The van der Waals surface area contributed by atoms with Crippen LogP contribution in [0.1, 0.15) is 53.1 Å². The summed E-state index contributed by atoms with van der Waals surface area (Å²) in [6, 6.07) is 4.01. The topological polar surface area (TPSA) is 190 Å². The highest BCUT2D eigenvalue weighted by Gasteiger charge is 2.34. The van der Waals surface area contributed by atoms with Gasteiger partial charge in [0.25, 0.3) is 11.9 Å². The van der Waals surface area contributed by atoms with Crippen LogP contribution in [0.4, 0.5) is 26.3 Å². The number of rotatable bonds is 6. The average molecular weight is 639 g/mol. The molecule has 0 aliphatic carbocycles. The summed E-state index contributed by atoms with van der Waals surface area (Å²) >= 11 is 0. The highest BCUT2D eigenvalue weighted by molar-refractivity contribution is 5.96. The van der Waals surface area contributed by atoms with Gasteiger partial charge in [0.15, 0.2) is 28.5 Å². The standard InChI is InChI=1S/C16H9F5N4O3.C9H6FN3O4/c17-9-2-1-7(3-8(9)16(19,20)21)5-22-14(26)11-4-12(15(27)28)25-13(24-11)10(18)6-23-25;1-17-9(16)4-2-5(8(14)15)13-3-11-6(10)7(13)12-4/h1-4,6H,5H2,(H,22,26)(H,27,28);2-3H,1H3,(H,14,15). The van der Waals surface area contributed by atoms with Crippen molar-refractivity contribution in [3.05, 3.63) is 94.3 Å². The minimum Gasteiger partial charge on any atom is -0.477 e. The van der Waals surface area contributed by atoms with Crippen LogP contribution in [0, 0.1) is 17.6 Å². The zero-order valence-electron chi connectivity index (χ0n) is 22.1. The quantitative estimate of drug-likeness (QED) is 0.183. The Morgan fingerprint density at radius 3 is 2.18 bits per heavy atom. The van der Waals surface area contributed by atoms with Gasteiger partial charge in [0, 0.05) is 18.7 Å². The minimum atomic E-state index is -4.91. The lowest BCUT2D eigenvalue weighted by Crippen LogP contribution is -2.25. The molecule has 20 heteroatoms. The third-order valence-electron chi connectivity index (χ3n) is 5.74. The number of aromatic nitrogens is 6. The Kier molecular flexibility index (Phi) is 8.68. The molecule has 0 fully saturated rings. The predicted molar refractivity (Wildman–Crippen MR) is 134 cm³/mol. The van der Waals surface area contributed by atoms with Crippen LogP contribution >= 0.6 is 0 Å².